The number of thiophene rings is 1. The zero-order chi connectivity index (χ0) is 21.3. The predicted molar refractivity (Wildman–Crippen MR) is 113 cm³/mol. The molecule has 0 spiro atoms. The van der Waals surface area contributed by atoms with Crippen molar-refractivity contribution < 1.29 is 23.5 Å². The van der Waals surface area contributed by atoms with Gasteiger partial charge in [0.2, 0.25) is 5.91 Å². The molecule has 1 amide bonds. The SMILES string of the molecule is COc1ccc2c(COC(=O)c3c(NC(C)=O)sc4c3CCCC4)cc(=O)oc2c1. The highest BCUT2D eigenvalue weighted by molar-refractivity contribution is 7.17. The van der Waals surface area contributed by atoms with Crippen molar-refractivity contribution in [2.45, 2.75) is 39.2 Å². The van der Waals surface area contributed by atoms with Crippen molar-refractivity contribution in [1.29, 1.82) is 0 Å². The van der Waals surface area contributed by atoms with E-state index < -0.39 is 11.6 Å². The molecule has 0 aliphatic heterocycles. The maximum Gasteiger partial charge on any atom is 0.341 e. The third kappa shape index (κ3) is 3.95. The van der Waals surface area contributed by atoms with E-state index in [0.29, 0.717) is 32.8 Å². The molecule has 1 N–H and O–H groups in total. The van der Waals surface area contributed by atoms with Gasteiger partial charge < -0.3 is 19.2 Å². The Morgan fingerprint density at radius 3 is 2.77 bits per heavy atom. The Balaban J connectivity index is 1.64. The van der Waals surface area contributed by atoms with Gasteiger partial charge in [-0.3, -0.25) is 4.79 Å². The second-order valence-electron chi connectivity index (χ2n) is 7.13. The molecule has 0 saturated carbocycles. The van der Waals surface area contributed by atoms with Crippen LogP contribution < -0.4 is 15.7 Å². The average molecular weight is 427 g/mol. The molecule has 2 aromatic heterocycles. The summed E-state index contributed by atoms with van der Waals surface area (Å²) in [6, 6.07) is 6.44. The molecule has 0 radical (unpaired) electrons. The van der Waals surface area contributed by atoms with Crippen molar-refractivity contribution >= 4 is 39.2 Å². The van der Waals surface area contributed by atoms with Gasteiger partial charge in [-0.05, 0) is 43.4 Å². The van der Waals surface area contributed by atoms with Gasteiger partial charge in [0.15, 0.2) is 0 Å². The minimum Gasteiger partial charge on any atom is -0.497 e. The average Bonchev–Trinajstić information content (AvgIpc) is 3.08. The molecule has 7 nitrogen and oxygen atoms in total. The summed E-state index contributed by atoms with van der Waals surface area (Å²) in [5.41, 5.74) is 1.76. The molecule has 8 heteroatoms. The monoisotopic (exact) mass is 427 g/mol. The molecular weight excluding hydrogens is 406 g/mol. The first-order chi connectivity index (χ1) is 14.5. The molecule has 3 aromatic rings. The highest BCUT2D eigenvalue weighted by Crippen LogP contribution is 2.38. The Kier molecular flexibility index (Phi) is 5.59. The van der Waals surface area contributed by atoms with Crippen molar-refractivity contribution in [2.24, 2.45) is 0 Å². The number of carbonyl (C=O) groups excluding carboxylic acids is 2. The third-order valence-electron chi connectivity index (χ3n) is 5.06. The molecule has 0 saturated heterocycles. The Morgan fingerprint density at radius 2 is 2.00 bits per heavy atom. The van der Waals surface area contributed by atoms with Crippen molar-refractivity contribution in [3.8, 4) is 5.75 Å². The lowest BCUT2D eigenvalue weighted by atomic mass is 9.95. The third-order valence-corrected chi connectivity index (χ3v) is 6.27. The van der Waals surface area contributed by atoms with E-state index in [9.17, 15) is 14.4 Å². The minimum atomic E-state index is -0.534. The summed E-state index contributed by atoms with van der Waals surface area (Å²) in [7, 11) is 1.53. The van der Waals surface area contributed by atoms with E-state index in [1.807, 2.05) is 0 Å². The lowest BCUT2D eigenvalue weighted by molar-refractivity contribution is -0.114. The first kappa shape index (κ1) is 20.2. The first-order valence-corrected chi connectivity index (χ1v) is 10.5. The number of fused-ring (bicyclic) bond motifs is 2. The molecular formula is C22H21NO6S. The van der Waals surface area contributed by atoms with Gasteiger partial charge in [-0.15, -0.1) is 11.3 Å². The molecule has 4 rings (SSSR count). The smallest absolute Gasteiger partial charge is 0.341 e. The van der Waals surface area contributed by atoms with Crippen molar-refractivity contribution in [3.05, 3.63) is 56.3 Å². The number of methoxy groups -OCH3 is 1. The van der Waals surface area contributed by atoms with Gasteiger partial charge in [0.05, 0.1) is 12.7 Å². The number of carbonyl (C=O) groups is 2. The Labute approximate surface area is 176 Å². The number of rotatable bonds is 5. The summed E-state index contributed by atoms with van der Waals surface area (Å²) in [6.45, 7) is 1.33. The van der Waals surface area contributed by atoms with Crippen molar-refractivity contribution in [3.63, 3.8) is 0 Å². The number of amides is 1. The summed E-state index contributed by atoms with van der Waals surface area (Å²) in [5.74, 6) is -0.180. The molecule has 0 bridgehead atoms. The van der Waals surface area contributed by atoms with Crippen LogP contribution in [0.4, 0.5) is 5.00 Å². The van der Waals surface area contributed by atoms with Crippen molar-refractivity contribution in [1.82, 2.24) is 0 Å². The Bertz CT molecular complexity index is 1190. The van der Waals surface area contributed by atoms with Gasteiger partial charge in [-0.2, -0.15) is 0 Å². The highest BCUT2D eigenvalue weighted by atomic mass is 32.1. The fourth-order valence-electron chi connectivity index (χ4n) is 3.70. The zero-order valence-corrected chi connectivity index (χ0v) is 17.5. The molecule has 1 aliphatic carbocycles. The van der Waals surface area contributed by atoms with Crippen LogP contribution in [0, 0.1) is 0 Å². The Morgan fingerprint density at radius 1 is 1.20 bits per heavy atom. The summed E-state index contributed by atoms with van der Waals surface area (Å²) < 4.78 is 16.0. The van der Waals surface area contributed by atoms with Gasteiger partial charge in [0.25, 0.3) is 0 Å². The zero-order valence-electron chi connectivity index (χ0n) is 16.7. The van der Waals surface area contributed by atoms with Crippen LogP contribution in [0.2, 0.25) is 0 Å². The molecule has 1 aliphatic rings. The van der Waals surface area contributed by atoms with Crippen molar-refractivity contribution in [2.75, 3.05) is 12.4 Å². The molecule has 156 valence electrons. The minimum absolute atomic E-state index is 0.0859. The van der Waals surface area contributed by atoms with E-state index in [0.717, 1.165) is 36.1 Å². The topological polar surface area (TPSA) is 94.8 Å². The van der Waals surface area contributed by atoms with Crippen LogP contribution >= 0.6 is 11.3 Å². The lowest BCUT2D eigenvalue weighted by Gasteiger charge is -2.13. The van der Waals surface area contributed by atoms with E-state index >= 15 is 0 Å². The van der Waals surface area contributed by atoms with Crippen LogP contribution in [-0.2, 0) is 29.0 Å². The predicted octanol–water partition coefficient (Wildman–Crippen LogP) is 4.06. The van der Waals surface area contributed by atoms with Crippen LogP contribution in [-0.4, -0.2) is 19.0 Å². The quantitative estimate of drug-likeness (QED) is 0.487. The first-order valence-electron chi connectivity index (χ1n) is 9.66. The summed E-state index contributed by atoms with van der Waals surface area (Å²) in [4.78, 5) is 37.7. The van der Waals surface area contributed by atoms with Gasteiger partial charge in [-0.25, -0.2) is 9.59 Å². The van der Waals surface area contributed by atoms with Crippen LogP contribution in [0.3, 0.4) is 0 Å². The fourth-order valence-corrected chi connectivity index (χ4v) is 5.03. The second kappa shape index (κ2) is 8.31. The number of hydrogen-bond donors (Lipinski definition) is 1. The van der Waals surface area contributed by atoms with Crippen LogP contribution in [0.15, 0.2) is 33.5 Å². The molecule has 30 heavy (non-hydrogen) atoms. The van der Waals surface area contributed by atoms with Crippen LogP contribution in [0.1, 0.15) is 46.1 Å². The number of ether oxygens (including phenoxy) is 2. The summed E-state index contributed by atoms with van der Waals surface area (Å²) in [5, 5.41) is 3.95. The number of nitrogens with one attached hydrogen (secondary N) is 1. The molecule has 2 heterocycles. The van der Waals surface area contributed by atoms with Crippen LogP contribution in [0.25, 0.3) is 11.0 Å². The second-order valence-corrected chi connectivity index (χ2v) is 8.23. The highest BCUT2D eigenvalue weighted by Gasteiger charge is 2.27. The normalized spacial score (nSPS) is 13.0. The number of anilines is 1. The largest absolute Gasteiger partial charge is 0.497 e. The van der Waals surface area contributed by atoms with Gasteiger partial charge >= 0.3 is 11.6 Å². The number of esters is 1. The van der Waals surface area contributed by atoms with E-state index in [1.165, 1.54) is 31.4 Å². The van der Waals surface area contributed by atoms with Gasteiger partial charge in [-0.1, -0.05) is 0 Å². The number of hydrogen-bond acceptors (Lipinski definition) is 7. The number of benzene rings is 1. The van der Waals surface area contributed by atoms with Gasteiger partial charge in [0, 0.05) is 34.9 Å². The summed E-state index contributed by atoms with van der Waals surface area (Å²) >= 11 is 1.44. The van der Waals surface area contributed by atoms with E-state index in [1.54, 1.807) is 18.2 Å². The standard InChI is InChI=1S/C22H21NO6S/c1-12(24)23-21-20(16-5-3-4-6-18(16)30-21)22(26)28-11-13-9-19(25)29-17-10-14(27-2)7-8-15(13)17/h7-10H,3-6,11H2,1-2H3,(H,23,24). The van der Waals surface area contributed by atoms with E-state index in [4.69, 9.17) is 13.9 Å². The van der Waals surface area contributed by atoms with E-state index in [-0.39, 0.29) is 12.5 Å². The summed E-state index contributed by atoms with van der Waals surface area (Å²) in [6.07, 6.45) is 3.74. The number of aryl methyl sites for hydroxylation is 1. The van der Waals surface area contributed by atoms with Crippen LogP contribution in [0.5, 0.6) is 5.75 Å². The van der Waals surface area contributed by atoms with Gasteiger partial charge in [0.1, 0.15) is 22.9 Å². The lowest BCUT2D eigenvalue weighted by Crippen LogP contribution is -2.14. The fraction of sp³-hybridized carbons (Fsp3) is 0.318. The molecule has 1 aromatic carbocycles. The molecule has 0 atom stereocenters. The molecule has 0 fully saturated rings. The van der Waals surface area contributed by atoms with E-state index in [2.05, 4.69) is 5.32 Å². The Hall–Kier alpha value is -3.13. The maximum atomic E-state index is 13.0. The maximum absolute atomic E-state index is 13.0. The molecule has 0 unspecified atom stereocenters.